The number of nitrogens with two attached hydrogens (primary N) is 1. The van der Waals surface area contributed by atoms with Crippen molar-refractivity contribution >= 4 is 11.8 Å². The Balaban J connectivity index is 1.80. The highest BCUT2D eigenvalue weighted by molar-refractivity contribution is 5.89. The Kier molecular flexibility index (Phi) is 4.22. The molecule has 0 aromatic carbocycles. The van der Waals surface area contributed by atoms with Crippen molar-refractivity contribution in [2.45, 2.75) is 51.1 Å². The summed E-state index contributed by atoms with van der Waals surface area (Å²) >= 11 is 0. The fraction of sp³-hybridized carbons (Fsp3) is 0.846. The lowest BCUT2D eigenvalue weighted by molar-refractivity contribution is -0.129. The molecular weight excluding hydrogens is 230 g/mol. The lowest BCUT2D eigenvalue weighted by Gasteiger charge is -2.27. The molecule has 1 aliphatic heterocycles. The largest absolute Gasteiger partial charge is 0.353 e. The molecule has 2 rings (SSSR count). The fourth-order valence-electron chi connectivity index (χ4n) is 2.84. The quantitative estimate of drug-likeness (QED) is 0.756. The van der Waals surface area contributed by atoms with Crippen LogP contribution < -0.4 is 11.1 Å². The van der Waals surface area contributed by atoms with E-state index in [0.29, 0.717) is 25.6 Å². The fourth-order valence-corrected chi connectivity index (χ4v) is 2.84. The Hall–Kier alpha value is -1.10. The summed E-state index contributed by atoms with van der Waals surface area (Å²) in [4.78, 5) is 25.4. The second-order valence-corrected chi connectivity index (χ2v) is 5.45. The molecule has 0 aromatic rings. The maximum Gasteiger partial charge on any atom is 0.225 e. The second-order valence-electron chi connectivity index (χ2n) is 5.45. The molecule has 1 atom stereocenters. The van der Waals surface area contributed by atoms with Crippen LogP contribution in [0.15, 0.2) is 0 Å². The molecule has 5 heteroatoms. The molecule has 1 heterocycles. The Morgan fingerprint density at radius 3 is 2.61 bits per heavy atom. The summed E-state index contributed by atoms with van der Waals surface area (Å²) in [6, 6.07) is 0.546. The topological polar surface area (TPSA) is 75.4 Å². The molecule has 0 radical (unpaired) electrons. The Labute approximate surface area is 108 Å². The van der Waals surface area contributed by atoms with Crippen LogP contribution >= 0.6 is 0 Å². The van der Waals surface area contributed by atoms with Crippen molar-refractivity contribution in [3.05, 3.63) is 0 Å². The molecular formula is C13H23N3O2. The predicted molar refractivity (Wildman–Crippen MR) is 68.7 cm³/mol. The summed E-state index contributed by atoms with van der Waals surface area (Å²) in [7, 11) is 0. The number of likely N-dealkylation sites (tertiary alicyclic amines) is 1. The van der Waals surface area contributed by atoms with E-state index >= 15 is 0 Å². The third-order valence-electron chi connectivity index (χ3n) is 4.09. The number of nitrogens with one attached hydrogen (secondary N) is 1. The highest BCUT2D eigenvalue weighted by Gasteiger charge is 2.34. The minimum Gasteiger partial charge on any atom is -0.353 e. The lowest BCUT2D eigenvalue weighted by Crippen LogP contribution is -2.43. The zero-order chi connectivity index (χ0) is 13.1. The average molecular weight is 253 g/mol. The van der Waals surface area contributed by atoms with Gasteiger partial charge >= 0.3 is 0 Å². The summed E-state index contributed by atoms with van der Waals surface area (Å²) in [5.41, 5.74) is 5.84. The van der Waals surface area contributed by atoms with Crippen molar-refractivity contribution in [3.63, 3.8) is 0 Å². The van der Waals surface area contributed by atoms with E-state index < -0.39 is 0 Å². The highest BCUT2D eigenvalue weighted by Crippen LogP contribution is 2.20. The van der Waals surface area contributed by atoms with E-state index in [1.807, 2.05) is 6.92 Å². The van der Waals surface area contributed by atoms with Crippen molar-refractivity contribution < 1.29 is 9.59 Å². The smallest absolute Gasteiger partial charge is 0.225 e. The van der Waals surface area contributed by atoms with Crippen LogP contribution in [0.2, 0.25) is 0 Å². The summed E-state index contributed by atoms with van der Waals surface area (Å²) < 4.78 is 0. The van der Waals surface area contributed by atoms with Crippen LogP contribution in [0.1, 0.15) is 39.0 Å². The molecule has 18 heavy (non-hydrogen) atoms. The Morgan fingerprint density at radius 1 is 1.39 bits per heavy atom. The monoisotopic (exact) mass is 253 g/mol. The number of amides is 2. The standard InChI is InChI=1S/C13H23N3O2/c1-2-16-8-9(7-12(16)17)13(18)15-11-5-3-10(14)4-6-11/h9-11H,2-8,14H2,1H3,(H,15,18). The van der Waals surface area contributed by atoms with Gasteiger partial charge in [0.15, 0.2) is 0 Å². The van der Waals surface area contributed by atoms with Gasteiger partial charge in [0.05, 0.1) is 5.92 Å². The van der Waals surface area contributed by atoms with Crippen LogP contribution in [0, 0.1) is 5.92 Å². The van der Waals surface area contributed by atoms with Crippen LogP contribution in [0.4, 0.5) is 0 Å². The second kappa shape index (κ2) is 5.69. The zero-order valence-corrected chi connectivity index (χ0v) is 11.0. The SMILES string of the molecule is CCN1CC(C(=O)NC2CCC(N)CC2)CC1=O. The minimum atomic E-state index is -0.159. The van der Waals surface area contributed by atoms with Crippen molar-refractivity contribution in [1.82, 2.24) is 10.2 Å². The third kappa shape index (κ3) is 3.02. The molecule has 2 aliphatic rings. The molecule has 1 aliphatic carbocycles. The molecule has 5 nitrogen and oxygen atoms in total. The van der Waals surface area contributed by atoms with E-state index in [0.717, 1.165) is 25.7 Å². The first-order valence-corrected chi connectivity index (χ1v) is 6.94. The van der Waals surface area contributed by atoms with E-state index in [-0.39, 0.29) is 23.8 Å². The van der Waals surface area contributed by atoms with Gasteiger partial charge in [0.25, 0.3) is 0 Å². The van der Waals surface area contributed by atoms with Crippen molar-refractivity contribution in [2.75, 3.05) is 13.1 Å². The highest BCUT2D eigenvalue weighted by atomic mass is 16.2. The Morgan fingerprint density at radius 2 is 2.06 bits per heavy atom. The minimum absolute atomic E-state index is 0.0415. The van der Waals surface area contributed by atoms with Crippen LogP contribution in [-0.4, -0.2) is 41.9 Å². The van der Waals surface area contributed by atoms with Gasteiger partial charge in [-0.1, -0.05) is 0 Å². The van der Waals surface area contributed by atoms with Crippen LogP contribution in [0.3, 0.4) is 0 Å². The summed E-state index contributed by atoms with van der Waals surface area (Å²) in [5.74, 6) is -0.0175. The van der Waals surface area contributed by atoms with Gasteiger partial charge in [-0.2, -0.15) is 0 Å². The van der Waals surface area contributed by atoms with E-state index in [1.54, 1.807) is 4.90 Å². The average Bonchev–Trinajstić information content (AvgIpc) is 2.73. The number of hydrogen-bond acceptors (Lipinski definition) is 3. The number of nitrogens with zero attached hydrogens (tertiary/aromatic N) is 1. The van der Waals surface area contributed by atoms with Gasteiger partial charge in [-0.05, 0) is 32.6 Å². The van der Waals surface area contributed by atoms with Gasteiger partial charge in [-0.25, -0.2) is 0 Å². The van der Waals surface area contributed by atoms with E-state index in [4.69, 9.17) is 5.73 Å². The van der Waals surface area contributed by atoms with Gasteiger partial charge in [0, 0.05) is 31.6 Å². The van der Waals surface area contributed by atoms with Crippen LogP contribution in [0.25, 0.3) is 0 Å². The van der Waals surface area contributed by atoms with E-state index in [1.165, 1.54) is 0 Å². The van der Waals surface area contributed by atoms with Crippen molar-refractivity contribution in [3.8, 4) is 0 Å². The van der Waals surface area contributed by atoms with Gasteiger partial charge < -0.3 is 16.0 Å². The predicted octanol–water partition coefficient (Wildman–Crippen LogP) is 0.241. The van der Waals surface area contributed by atoms with Gasteiger partial charge in [-0.15, -0.1) is 0 Å². The number of carbonyl (C=O) groups is 2. The van der Waals surface area contributed by atoms with E-state index in [2.05, 4.69) is 5.32 Å². The molecule has 1 saturated carbocycles. The molecule has 0 bridgehead atoms. The molecule has 102 valence electrons. The number of rotatable bonds is 3. The molecule has 0 spiro atoms. The molecule has 0 aromatic heterocycles. The maximum atomic E-state index is 12.1. The summed E-state index contributed by atoms with van der Waals surface area (Å²) in [6.45, 7) is 3.22. The summed E-state index contributed by atoms with van der Waals surface area (Å²) in [6.07, 6.45) is 4.26. The molecule has 2 fully saturated rings. The normalized spacial score (nSPS) is 32.7. The van der Waals surface area contributed by atoms with Gasteiger partial charge in [-0.3, -0.25) is 9.59 Å². The number of hydrogen-bond donors (Lipinski definition) is 2. The maximum absolute atomic E-state index is 12.1. The molecule has 2 amide bonds. The van der Waals surface area contributed by atoms with E-state index in [9.17, 15) is 9.59 Å². The third-order valence-corrected chi connectivity index (χ3v) is 4.09. The van der Waals surface area contributed by atoms with Crippen LogP contribution in [0.5, 0.6) is 0 Å². The zero-order valence-electron chi connectivity index (χ0n) is 11.0. The summed E-state index contributed by atoms with van der Waals surface area (Å²) in [5, 5.41) is 3.07. The first kappa shape index (κ1) is 13.3. The molecule has 1 saturated heterocycles. The Bertz CT molecular complexity index is 324. The van der Waals surface area contributed by atoms with Crippen molar-refractivity contribution in [2.24, 2.45) is 11.7 Å². The molecule has 1 unspecified atom stereocenters. The van der Waals surface area contributed by atoms with Crippen LogP contribution in [-0.2, 0) is 9.59 Å². The lowest BCUT2D eigenvalue weighted by atomic mass is 9.91. The van der Waals surface area contributed by atoms with Gasteiger partial charge in [0.2, 0.25) is 11.8 Å². The first-order chi connectivity index (χ1) is 8.60. The molecule has 3 N–H and O–H groups in total. The van der Waals surface area contributed by atoms with Gasteiger partial charge in [0.1, 0.15) is 0 Å². The number of carbonyl (C=O) groups excluding carboxylic acids is 2. The van der Waals surface area contributed by atoms with Crippen molar-refractivity contribution in [1.29, 1.82) is 0 Å². The first-order valence-electron chi connectivity index (χ1n) is 6.94.